The summed E-state index contributed by atoms with van der Waals surface area (Å²) in [5.74, 6) is 1.30. The van der Waals surface area contributed by atoms with E-state index in [0.717, 1.165) is 17.9 Å². The quantitative estimate of drug-likeness (QED) is 0.792. The number of rotatable bonds is 3. The van der Waals surface area contributed by atoms with Crippen LogP contribution in [0.25, 0.3) is 0 Å². The Kier molecular flexibility index (Phi) is 3.23. The molecule has 1 fully saturated rings. The number of H-pyrrole nitrogens is 1. The van der Waals surface area contributed by atoms with Crippen LogP contribution in [0.2, 0.25) is 0 Å². The smallest absolute Gasteiger partial charge is 0.229 e. The Morgan fingerprint density at radius 3 is 3.06 bits per heavy atom. The minimum Gasteiger partial charge on any atom is -0.294 e. The molecule has 0 radical (unpaired) electrons. The maximum Gasteiger partial charge on any atom is 0.229 e. The minimum atomic E-state index is 0.113. The van der Waals surface area contributed by atoms with E-state index in [-0.39, 0.29) is 11.2 Å². The van der Waals surface area contributed by atoms with Crippen LogP contribution in [0.1, 0.15) is 38.3 Å². The van der Waals surface area contributed by atoms with Gasteiger partial charge in [0.1, 0.15) is 0 Å². The molecule has 0 bridgehead atoms. The number of amides is 1. The molecule has 16 heavy (non-hydrogen) atoms. The molecule has 1 aromatic heterocycles. The average Bonchev–Trinajstić information content (AvgIpc) is 2.83. The first-order chi connectivity index (χ1) is 7.61. The van der Waals surface area contributed by atoms with Crippen molar-refractivity contribution in [3.63, 3.8) is 0 Å². The van der Waals surface area contributed by atoms with Crippen LogP contribution in [0, 0.1) is 0 Å². The van der Waals surface area contributed by atoms with Gasteiger partial charge in [0.05, 0.1) is 0 Å². The molecule has 1 aliphatic rings. The maximum atomic E-state index is 11.7. The number of hydrogen-bond donors (Lipinski definition) is 2. The highest BCUT2D eigenvalue weighted by atomic mass is 32.1. The van der Waals surface area contributed by atoms with E-state index in [1.165, 1.54) is 0 Å². The number of carbonyl (C=O) groups is 1. The first-order valence-electron chi connectivity index (χ1n) is 5.65. The van der Waals surface area contributed by atoms with Crippen LogP contribution in [-0.2, 0) is 4.79 Å². The van der Waals surface area contributed by atoms with Gasteiger partial charge in [-0.2, -0.15) is 17.7 Å². The van der Waals surface area contributed by atoms with Crippen molar-refractivity contribution in [2.45, 2.75) is 37.9 Å². The number of aromatic nitrogens is 2. The van der Waals surface area contributed by atoms with E-state index in [2.05, 4.69) is 36.7 Å². The molecule has 0 aliphatic carbocycles. The Labute approximate surface area is 101 Å². The third-order valence-corrected chi connectivity index (χ3v) is 3.45. The van der Waals surface area contributed by atoms with Crippen LogP contribution < -0.4 is 4.90 Å². The molecular formula is C11H17N3OS. The van der Waals surface area contributed by atoms with Gasteiger partial charge in [0.25, 0.3) is 0 Å². The van der Waals surface area contributed by atoms with Gasteiger partial charge in [-0.3, -0.25) is 14.8 Å². The lowest BCUT2D eigenvalue weighted by Gasteiger charge is -2.11. The zero-order valence-corrected chi connectivity index (χ0v) is 10.5. The molecule has 0 aromatic carbocycles. The summed E-state index contributed by atoms with van der Waals surface area (Å²) in [6.45, 7) is 4.94. The lowest BCUT2D eigenvalue weighted by Crippen LogP contribution is -2.24. The maximum absolute atomic E-state index is 11.7. The predicted octanol–water partition coefficient (Wildman–Crippen LogP) is 1.96. The van der Waals surface area contributed by atoms with Gasteiger partial charge in [0.15, 0.2) is 5.82 Å². The van der Waals surface area contributed by atoms with E-state index >= 15 is 0 Å². The first kappa shape index (κ1) is 11.5. The molecule has 1 amide bonds. The van der Waals surface area contributed by atoms with Gasteiger partial charge in [-0.05, 0) is 12.3 Å². The molecule has 2 rings (SSSR count). The van der Waals surface area contributed by atoms with Crippen molar-refractivity contribution < 1.29 is 4.79 Å². The summed E-state index contributed by atoms with van der Waals surface area (Å²) < 4.78 is 0. The average molecular weight is 239 g/mol. The Bertz CT molecular complexity index is 390. The van der Waals surface area contributed by atoms with Crippen LogP contribution in [0.4, 0.5) is 5.82 Å². The summed E-state index contributed by atoms with van der Waals surface area (Å²) in [7, 11) is 0. The summed E-state index contributed by atoms with van der Waals surface area (Å²) in [6, 6.07) is 1.97. The Hall–Kier alpha value is -0.970. The fraction of sp³-hybridized carbons (Fsp3) is 0.636. The summed E-state index contributed by atoms with van der Waals surface area (Å²) in [6.07, 6.45) is 1.57. The summed E-state index contributed by atoms with van der Waals surface area (Å²) in [4.78, 5) is 13.4. The number of aromatic amines is 1. The number of anilines is 1. The number of carbonyl (C=O) groups excluding carboxylic acids is 1. The Morgan fingerprint density at radius 2 is 2.50 bits per heavy atom. The van der Waals surface area contributed by atoms with Crippen LogP contribution in [0.15, 0.2) is 6.07 Å². The molecule has 2 unspecified atom stereocenters. The highest BCUT2D eigenvalue weighted by molar-refractivity contribution is 7.81. The van der Waals surface area contributed by atoms with Crippen molar-refractivity contribution in [3.05, 3.63) is 11.8 Å². The van der Waals surface area contributed by atoms with Crippen LogP contribution in [-0.4, -0.2) is 27.9 Å². The van der Waals surface area contributed by atoms with Crippen molar-refractivity contribution in [1.82, 2.24) is 10.2 Å². The lowest BCUT2D eigenvalue weighted by atomic mass is 10.1. The van der Waals surface area contributed by atoms with Gasteiger partial charge in [0, 0.05) is 30.0 Å². The molecule has 5 heteroatoms. The molecule has 88 valence electrons. The van der Waals surface area contributed by atoms with Gasteiger partial charge in [-0.15, -0.1) is 0 Å². The fourth-order valence-corrected chi connectivity index (χ4v) is 2.17. The predicted molar refractivity (Wildman–Crippen MR) is 67.0 cm³/mol. The largest absolute Gasteiger partial charge is 0.294 e. The van der Waals surface area contributed by atoms with Gasteiger partial charge >= 0.3 is 0 Å². The lowest BCUT2D eigenvalue weighted by molar-refractivity contribution is -0.117. The number of nitrogens with zero attached hydrogens (tertiary/aromatic N) is 2. The molecule has 2 atom stereocenters. The van der Waals surface area contributed by atoms with Crippen molar-refractivity contribution in [3.8, 4) is 0 Å². The molecule has 1 saturated heterocycles. The molecule has 0 spiro atoms. The molecule has 4 nitrogen and oxygen atoms in total. The van der Waals surface area contributed by atoms with E-state index < -0.39 is 0 Å². The molecule has 1 aliphatic heterocycles. The second kappa shape index (κ2) is 4.49. The molecule has 2 heterocycles. The number of hydrogen-bond acceptors (Lipinski definition) is 3. The van der Waals surface area contributed by atoms with Crippen LogP contribution >= 0.6 is 12.6 Å². The minimum absolute atomic E-state index is 0.113. The van der Waals surface area contributed by atoms with Crippen molar-refractivity contribution in [2.75, 3.05) is 11.4 Å². The van der Waals surface area contributed by atoms with Gasteiger partial charge in [-0.1, -0.05) is 13.8 Å². The summed E-state index contributed by atoms with van der Waals surface area (Å²) in [5, 5.41) is 7.33. The normalized spacial score (nSPS) is 22.8. The zero-order chi connectivity index (χ0) is 11.7. The number of thiol groups is 1. The second-order valence-corrected chi connectivity index (χ2v) is 5.08. The zero-order valence-electron chi connectivity index (χ0n) is 9.60. The van der Waals surface area contributed by atoms with Crippen molar-refractivity contribution in [1.29, 1.82) is 0 Å². The fourth-order valence-electron chi connectivity index (χ4n) is 1.85. The Morgan fingerprint density at radius 1 is 1.75 bits per heavy atom. The SMILES string of the molecule is CCC(C)c1cc(N2CC(S)CC2=O)n[nH]1. The third kappa shape index (κ3) is 2.09. The van der Waals surface area contributed by atoms with Crippen molar-refractivity contribution >= 4 is 24.4 Å². The molecular weight excluding hydrogens is 222 g/mol. The van der Waals surface area contributed by atoms with Crippen LogP contribution in [0.5, 0.6) is 0 Å². The van der Waals surface area contributed by atoms with E-state index in [9.17, 15) is 4.79 Å². The Balaban J connectivity index is 2.16. The number of nitrogens with one attached hydrogen (secondary N) is 1. The van der Waals surface area contributed by atoms with Gasteiger partial charge in [-0.25, -0.2) is 0 Å². The van der Waals surface area contributed by atoms with Crippen LogP contribution in [0.3, 0.4) is 0 Å². The molecule has 1 aromatic rings. The highest BCUT2D eigenvalue weighted by Crippen LogP contribution is 2.25. The molecule has 1 N–H and O–H groups in total. The summed E-state index contributed by atoms with van der Waals surface area (Å²) in [5.41, 5.74) is 1.09. The van der Waals surface area contributed by atoms with E-state index in [1.807, 2.05) is 6.07 Å². The first-order valence-corrected chi connectivity index (χ1v) is 6.17. The van der Waals surface area contributed by atoms with E-state index in [4.69, 9.17) is 0 Å². The van der Waals surface area contributed by atoms with E-state index in [1.54, 1.807) is 4.90 Å². The second-order valence-electron chi connectivity index (χ2n) is 4.35. The topological polar surface area (TPSA) is 49.0 Å². The third-order valence-electron chi connectivity index (χ3n) is 3.11. The summed E-state index contributed by atoms with van der Waals surface area (Å²) >= 11 is 4.33. The molecule has 0 saturated carbocycles. The highest BCUT2D eigenvalue weighted by Gasteiger charge is 2.29. The van der Waals surface area contributed by atoms with Gasteiger partial charge < -0.3 is 0 Å². The van der Waals surface area contributed by atoms with Gasteiger partial charge in [0.2, 0.25) is 5.91 Å². The van der Waals surface area contributed by atoms with E-state index in [0.29, 0.717) is 18.9 Å². The monoisotopic (exact) mass is 239 g/mol. The standard InChI is InChI=1S/C11H17N3OS/c1-3-7(2)9-5-10(13-12-9)14-6-8(16)4-11(14)15/h5,7-8,16H,3-4,6H2,1-2H3,(H,12,13). The van der Waals surface area contributed by atoms with Crippen molar-refractivity contribution in [2.24, 2.45) is 0 Å².